The van der Waals surface area contributed by atoms with E-state index in [-0.39, 0.29) is 115 Å². The molecule has 0 aromatic heterocycles. The molecule has 17 atom stereocenters. The second-order valence-electron chi connectivity index (χ2n) is 31.9. The predicted molar refractivity (Wildman–Crippen MR) is 443 cm³/mol. The number of nitrogens with two attached hydrogens (primary N) is 5. The van der Waals surface area contributed by atoms with Gasteiger partial charge in [0.05, 0.1) is 18.7 Å². The topological polar surface area (TPSA) is 622 Å². The number of likely N-dealkylation sites (tertiary alicyclic amines) is 4. The molecule has 0 aliphatic carbocycles. The van der Waals surface area contributed by atoms with E-state index in [0.717, 1.165) is 4.90 Å². The third kappa shape index (κ3) is 29.4. The molecule has 4 fully saturated rings. The molecule has 4 heterocycles. The number of aliphatic hydroxyl groups is 1. The number of benzene rings is 2. The van der Waals surface area contributed by atoms with Crippen molar-refractivity contribution < 1.29 is 92.0 Å². The Bertz CT molecular complexity index is 4000. The summed E-state index contributed by atoms with van der Waals surface area (Å²) in [5.41, 5.74) is 29.5. The summed E-state index contributed by atoms with van der Waals surface area (Å²) >= 11 is 0. The molecule has 668 valence electrons. The van der Waals surface area contributed by atoms with Crippen molar-refractivity contribution in [3.8, 4) is 0 Å². The number of nitrogens with zero attached hydrogens (tertiary/aromatic N) is 6. The lowest BCUT2D eigenvalue weighted by atomic mass is 9.96. The molecule has 0 bridgehead atoms. The van der Waals surface area contributed by atoms with Gasteiger partial charge in [-0.05, 0) is 126 Å². The van der Waals surface area contributed by atoms with E-state index in [4.69, 9.17) is 28.7 Å². The first-order valence-electron chi connectivity index (χ1n) is 41.7. The summed E-state index contributed by atoms with van der Waals surface area (Å²) in [6, 6.07) is -1.32. The van der Waals surface area contributed by atoms with E-state index in [0.29, 0.717) is 49.7 Å². The molecule has 40 nitrogen and oxygen atoms in total. The number of amides is 14. The third-order valence-corrected chi connectivity index (χ3v) is 22.3. The molecule has 23 N–H and O–H groups in total. The highest BCUT2D eigenvalue weighted by atomic mass is 16.4. The van der Waals surface area contributed by atoms with Crippen molar-refractivity contribution in [2.75, 3.05) is 45.8 Å². The highest BCUT2D eigenvalue weighted by molar-refractivity contribution is 6.01. The lowest BCUT2D eigenvalue weighted by Crippen LogP contribution is -2.62. The number of carboxylic acids is 2. The number of carboxylic acid groups (broad SMARTS) is 2. The average molecular weight is 1700 g/mol. The molecule has 40 heteroatoms. The van der Waals surface area contributed by atoms with Gasteiger partial charge in [-0.3, -0.25) is 81.9 Å². The molecule has 4 saturated heterocycles. The van der Waals surface area contributed by atoms with Crippen LogP contribution in [0.15, 0.2) is 70.6 Å². The fourth-order valence-corrected chi connectivity index (χ4v) is 15.1. The van der Waals surface area contributed by atoms with Gasteiger partial charge in [-0.1, -0.05) is 115 Å². The minimum Gasteiger partial charge on any atom is -0.481 e. The number of aliphatic imine (C=N–C) groups is 2. The Kier molecular flexibility index (Phi) is 39.0. The molecule has 4 aliphatic rings. The second kappa shape index (κ2) is 48.0. The minimum absolute atomic E-state index is 0.0131. The van der Waals surface area contributed by atoms with E-state index in [2.05, 4.69) is 63.2 Å². The Morgan fingerprint density at radius 2 is 0.851 bits per heavy atom. The van der Waals surface area contributed by atoms with Gasteiger partial charge in [-0.2, -0.15) is 0 Å². The summed E-state index contributed by atoms with van der Waals surface area (Å²) < 4.78 is 0. The Balaban J connectivity index is 1.14. The number of guanidine groups is 2. The quantitative estimate of drug-likeness (QED) is 0.0173. The van der Waals surface area contributed by atoms with Crippen LogP contribution in [0.25, 0.3) is 0 Å². The summed E-state index contributed by atoms with van der Waals surface area (Å²) in [7, 11) is 0. The number of nitrogens with one attached hydrogen (secondary N) is 10. The molecule has 6 rings (SSSR count). The first-order chi connectivity index (χ1) is 57.4. The van der Waals surface area contributed by atoms with Gasteiger partial charge in [0.15, 0.2) is 11.9 Å². The number of aliphatic carboxylic acids is 2. The predicted octanol–water partition coefficient (Wildman–Crippen LogP) is -3.55. The molecule has 0 radical (unpaired) electrons. The van der Waals surface area contributed by atoms with E-state index in [1.165, 1.54) is 28.5 Å². The van der Waals surface area contributed by atoms with Crippen LogP contribution in [0.4, 0.5) is 0 Å². The molecule has 0 spiro atoms. The van der Waals surface area contributed by atoms with Gasteiger partial charge in [-0.25, -0.2) is 4.79 Å². The van der Waals surface area contributed by atoms with E-state index in [1.54, 1.807) is 102 Å². The van der Waals surface area contributed by atoms with Crippen LogP contribution in [0.3, 0.4) is 0 Å². The molecule has 14 amide bonds. The highest BCUT2D eigenvalue weighted by Crippen LogP contribution is 2.28. The maximum Gasteiger partial charge on any atom is 0.326 e. The van der Waals surface area contributed by atoms with E-state index < -0.39 is 222 Å². The SMILES string of the molecule is CC[C@H](C)[C@H](NC(=O)[C@H](CCCN=C(N)N)NC(=O)[C@H](Cc1ccccc1)NC(=O)[C@@H]1CCCN1C(=O)[C@@H](NC(=O)[C@H](Cc1ccccc1)NC(=O)CNC(=O)[C@@H]1CCCN1C(=O)[C@@H]1CCCN1C(=O)[C@@H](N)CCCN=C(N)N)[C@@H](C)O)C(=O)N[C@@H](C)C(=O)N1CCC[C@H]1C(=O)N[C@@H](CCC(=O)O)C(=O)N[C@H](C(=O)N[C@H](C(=O)O)C(C)C)[C@@H](C)CC. The lowest BCUT2D eigenvalue weighted by Gasteiger charge is -2.32. The number of aliphatic hydroxyl groups excluding tert-OH is 1. The molecule has 4 aliphatic heterocycles. The van der Waals surface area contributed by atoms with E-state index in [1.807, 2.05) is 0 Å². The summed E-state index contributed by atoms with van der Waals surface area (Å²) in [5.74, 6) is -15.7. The molecule has 0 saturated carbocycles. The van der Waals surface area contributed by atoms with E-state index >= 15 is 0 Å². The zero-order valence-corrected chi connectivity index (χ0v) is 70.3. The second-order valence-corrected chi connectivity index (χ2v) is 31.9. The molecule has 0 unspecified atom stereocenters. The van der Waals surface area contributed by atoms with Crippen molar-refractivity contribution in [2.45, 2.75) is 262 Å². The first kappa shape index (κ1) is 98.2. The number of hydrogen-bond acceptors (Lipinski definition) is 20. The van der Waals surface area contributed by atoms with Crippen LogP contribution < -0.4 is 81.8 Å². The van der Waals surface area contributed by atoms with Gasteiger partial charge < -0.3 is 117 Å². The fraction of sp³-hybridized carbons (Fsp3) is 0.630. The monoisotopic (exact) mass is 1700 g/mol. The van der Waals surface area contributed by atoms with Crippen molar-refractivity contribution in [1.29, 1.82) is 0 Å². The molecular formula is C81H125N21O19. The van der Waals surface area contributed by atoms with Gasteiger partial charge in [-0.15, -0.1) is 0 Å². The zero-order chi connectivity index (χ0) is 89.5. The van der Waals surface area contributed by atoms with Gasteiger partial charge in [0.1, 0.15) is 78.5 Å². The van der Waals surface area contributed by atoms with Gasteiger partial charge in [0.25, 0.3) is 0 Å². The van der Waals surface area contributed by atoms with Crippen molar-refractivity contribution in [3.05, 3.63) is 71.8 Å². The smallest absolute Gasteiger partial charge is 0.326 e. The molecule has 2 aromatic carbocycles. The van der Waals surface area contributed by atoms with Crippen LogP contribution in [0.2, 0.25) is 0 Å². The van der Waals surface area contributed by atoms with Crippen LogP contribution in [0, 0.1) is 17.8 Å². The van der Waals surface area contributed by atoms with Crippen molar-refractivity contribution in [2.24, 2.45) is 56.4 Å². The molecular weight excluding hydrogens is 1570 g/mol. The van der Waals surface area contributed by atoms with Gasteiger partial charge in [0, 0.05) is 58.5 Å². The van der Waals surface area contributed by atoms with Crippen molar-refractivity contribution >= 4 is 107 Å². The zero-order valence-electron chi connectivity index (χ0n) is 70.3. The number of carbonyl (C=O) groups excluding carboxylic acids is 14. The lowest BCUT2D eigenvalue weighted by molar-refractivity contribution is -0.147. The van der Waals surface area contributed by atoms with Crippen LogP contribution in [-0.2, 0) is 89.6 Å². The maximum atomic E-state index is 15.0. The van der Waals surface area contributed by atoms with Crippen LogP contribution in [-0.4, -0.2) is 278 Å². The number of rotatable bonds is 46. The summed E-state index contributed by atoms with van der Waals surface area (Å²) in [6.07, 6.45) is 0.532. The van der Waals surface area contributed by atoms with Crippen LogP contribution in [0.5, 0.6) is 0 Å². The van der Waals surface area contributed by atoms with Crippen LogP contribution >= 0.6 is 0 Å². The normalized spacial score (nSPS) is 19.5. The summed E-state index contributed by atoms with van der Waals surface area (Å²) in [4.78, 5) is 237. The molecule has 2 aromatic rings. The standard InChI is InChI=1S/C81H125N21O19/c1-9-45(5)63(73(114)90-47(7)75(116)99-37-20-30-57(99)71(112)93-53(33-34-61(105)106)67(108)97-64(46(6)10-2)74(115)95-62(44(3)4)79(120)121)96-66(107)52(28-18-36-88-81(85)86)92-68(109)55(42-50-25-15-12-16-26-50)94-72(113)58-31-21-39-101(58)78(119)65(48(8)103)98-69(110)54(41-49-23-13-11-14-24-49)91-60(104)43-89-70(111)56-29-19-38-100(56)77(118)59-32-22-40-102(59)76(117)51(82)27-17-35-87-80(83)84/h11-16,23-26,44-48,51-59,62-65,103H,9-10,17-22,27-43,82H2,1-8H3,(H,89,111)(H,90,114)(H,91,104)(H,92,109)(H,93,112)(H,94,113)(H,95,115)(H,96,107)(H,97,108)(H,98,110)(H,105,106)(H,120,121)(H4,83,84,87)(H4,85,86,88)/t45-,46-,47-,48+,51-,52-,53-,54-,55-,56-,57-,58-,59-,62-,63-,64-,65-/m0/s1. The average Bonchev–Trinajstić information content (AvgIpc) is 1.03. The summed E-state index contributed by atoms with van der Waals surface area (Å²) in [6.45, 7) is 12.6. The number of hydrogen-bond donors (Lipinski definition) is 18. The first-order valence-corrected chi connectivity index (χ1v) is 41.7. The van der Waals surface area contributed by atoms with E-state index in [9.17, 15) is 92.0 Å². The minimum atomic E-state index is -1.73. The summed E-state index contributed by atoms with van der Waals surface area (Å²) in [5, 5.41) is 57.0. The Hall–Kier alpha value is -11.6. The van der Waals surface area contributed by atoms with Gasteiger partial charge in [0.2, 0.25) is 82.7 Å². The fourth-order valence-electron chi connectivity index (χ4n) is 15.1. The Morgan fingerprint density at radius 1 is 0.446 bits per heavy atom. The van der Waals surface area contributed by atoms with Crippen molar-refractivity contribution in [3.63, 3.8) is 0 Å². The van der Waals surface area contributed by atoms with Crippen molar-refractivity contribution in [1.82, 2.24) is 72.8 Å². The van der Waals surface area contributed by atoms with Crippen LogP contribution in [0.1, 0.15) is 169 Å². The Morgan fingerprint density at radius 3 is 1.32 bits per heavy atom. The van der Waals surface area contributed by atoms with Gasteiger partial charge >= 0.3 is 11.9 Å². The highest BCUT2D eigenvalue weighted by Gasteiger charge is 2.46. The molecule has 121 heavy (non-hydrogen) atoms. The number of carbonyl (C=O) groups is 16. The third-order valence-electron chi connectivity index (χ3n) is 22.3. The Labute approximate surface area is 704 Å². The largest absolute Gasteiger partial charge is 0.481 e. The maximum absolute atomic E-state index is 15.0.